The predicted molar refractivity (Wildman–Crippen MR) is 151 cm³/mol. The molecule has 0 spiro atoms. The number of ether oxygens (including phenoxy) is 1. The Morgan fingerprint density at radius 2 is 1.82 bits per heavy atom. The van der Waals surface area contributed by atoms with Crippen LogP contribution in [0.5, 0.6) is 0 Å². The van der Waals surface area contributed by atoms with Crippen LogP contribution in [0.4, 0.5) is 5.95 Å². The molecule has 3 aromatic rings. The molecule has 9 nitrogen and oxygen atoms in total. The molecule has 3 heterocycles. The zero-order valence-corrected chi connectivity index (χ0v) is 23.1. The van der Waals surface area contributed by atoms with Gasteiger partial charge in [0.1, 0.15) is 5.69 Å². The Kier molecular flexibility index (Phi) is 8.89. The smallest absolute Gasteiger partial charge is 0.224 e. The number of aliphatic hydroxyl groups excluding tert-OH is 1. The standard InChI is InChI=1S/C29H43N7O2/c1-21(5-4-18-38-3)31-29-30-19-26-27(33-36(28(26)32-29)24-10-12-25(37)13-11-24)23-8-6-22(7-9-23)20-35-16-14-34(2)15-17-35/h6-9,19,21,24-25,37H,4-5,10-18,20H2,1-3H3,(H,30,31,32)/t21-,24?,25?/m0/s1. The van der Waals surface area contributed by atoms with Crippen molar-refractivity contribution in [2.45, 2.75) is 70.2 Å². The average Bonchev–Trinajstić information content (AvgIpc) is 3.30. The van der Waals surface area contributed by atoms with Crippen LogP contribution in [0, 0.1) is 0 Å². The van der Waals surface area contributed by atoms with Crippen LogP contribution in [-0.2, 0) is 11.3 Å². The van der Waals surface area contributed by atoms with Crippen molar-refractivity contribution in [3.63, 3.8) is 0 Å². The molecule has 0 unspecified atom stereocenters. The summed E-state index contributed by atoms with van der Waals surface area (Å²) >= 11 is 0. The molecule has 2 aliphatic rings. The topological polar surface area (TPSA) is 91.6 Å². The summed E-state index contributed by atoms with van der Waals surface area (Å²) in [7, 11) is 3.93. The number of aromatic nitrogens is 4. The Labute approximate surface area is 226 Å². The first-order valence-corrected chi connectivity index (χ1v) is 14.2. The molecule has 2 fully saturated rings. The molecule has 38 heavy (non-hydrogen) atoms. The second-order valence-corrected chi connectivity index (χ2v) is 11.1. The molecule has 0 bridgehead atoms. The summed E-state index contributed by atoms with van der Waals surface area (Å²) in [6, 6.07) is 9.31. The van der Waals surface area contributed by atoms with Crippen molar-refractivity contribution in [2.24, 2.45) is 0 Å². The lowest BCUT2D eigenvalue weighted by atomic mass is 9.93. The second-order valence-electron chi connectivity index (χ2n) is 11.1. The summed E-state index contributed by atoms with van der Waals surface area (Å²) in [5, 5.41) is 19.6. The van der Waals surface area contributed by atoms with Gasteiger partial charge in [0.2, 0.25) is 5.95 Å². The van der Waals surface area contributed by atoms with E-state index in [1.165, 1.54) is 5.56 Å². The monoisotopic (exact) mass is 521 g/mol. The molecule has 2 N–H and O–H groups in total. The van der Waals surface area contributed by atoms with Crippen molar-refractivity contribution in [1.82, 2.24) is 29.5 Å². The third-order valence-electron chi connectivity index (χ3n) is 8.05. The van der Waals surface area contributed by atoms with Gasteiger partial charge in [-0.05, 0) is 58.1 Å². The van der Waals surface area contributed by atoms with Gasteiger partial charge >= 0.3 is 0 Å². The second kappa shape index (κ2) is 12.5. The molecule has 206 valence electrons. The molecular weight excluding hydrogens is 478 g/mol. The Bertz CT molecular complexity index is 1170. The third kappa shape index (κ3) is 6.51. The number of likely N-dealkylation sites (N-methyl/N-ethyl adjacent to an activating group) is 1. The highest BCUT2D eigenvalue weighted by Gasteiger charge is 2.26. The molecule has 9 heteroatoms. The number of hydrogen-bond donors (Lipinski definition) is 2. The van der Waals surface area contributed by atoms with Gasteiger partial charge in [-0.3, -0.25) is 4.90 Å². The van der Waals surface area contributed by atoms with E-state index in [4.69, 9.17) is 14.8 Å². The van der Waals surface area contributed by atoms with Gasteiger partial charge in [-0.1, -0.05) is 24.3 Å². The van der Waals surface area contributed by atoms with Crippen LogP contribution in [0.3, 0.4) is 0 Å². The van der Waals surface area contributed by atoms with Crippen LogP contribution in [0.25, 0.3) is 22.3 Å². The Morgan fingerprint density at radius 3 is 2.53 bits per heavy atom. The normalized spacial score (nSPS) is 22.1. The molecule has 5 rings (SSSR count). The Balaban J connectivity index is 1.39. The van der Waals surface area contributed by atoms with E-state index in [0.717, 1.165) is 100 Å². The van der Waals surface area contributed by atoms with Gasteiger partial charge in [0.25, 0.3) is 0 Å². The summed E-state index contributed by atoms with van der Waals surface area (Å²) in [5.74, 6) is 0.633. The number of hydrogen-bond acceptors (Lipinski definition) is 8. The molecule has 1 saturated heterocycles. The number of anilines is 1. The summed E-state index contributed by atoms with van der Waals surface area (Å²) in [4.78, 5) is 14.5. The van der Waals surface area contributed by atoms with E-state index in [1.54, 1.807) is 7.11 Å². The minimum Gasteiger partial charge on any atom is -0.393 e. The van der Waals surface area contributed by atoms with E-state index < -0.39 is 0 Å². The number of aliphatic hydroxyl groups is 1. The maximum atomic E-state index is 10.1. The summed E-state index contributed by atoms with van der Waals surface area (Å²) in [6.07, 6.45) is 7.10. The molecule has 1 aromatic carbocycles. The molecule has 1 saturated carbocycles. The zero-order chi connectivity index (χ0) is 26.5. The van der Waals surface area contributed by atoms with Crippen LogP contribution in [-0.4, -0.2) is 93.7 Å². The highest BCUT2D eigenvalue weighted by atomic mass is 16.5. The lowest BCUT2D eigenvalue weighted by Crippen LogP contribution is -2.43. The highest BCUT2D eigenvalue weighted by molar-refractivity contribution is 5.91. The van der Waals surface area contributed by atoms with E-state index >= 15 is 0 Å². The molecule has 0 radical (unpaired) electrons. The van der Waals surface area contributed by atoms with Gasteiger partial charge in [-0.2, -0.15) is 10.1 Å². The molecular formula is C29H43N7O2. The van der Waals surface area contributed by atoms with Crippen molar-refractivity contribution < 1.29 is 9.84 Å². The lowest BCUT2D eigenvalue weighted by molar-refractivity contribution is 0.109. The number of rotatable bonds is 10. The average molecular weight is 522 g/mol. The SMILES string of the molecule is COCCC[C@H](C)Nc1ncc2c(-c3ccc(CN4CCN(C)CC4)cc3)nn(C3CCC(O)CC3)c2n1. The minimum atomic E-state index is -0.208. The van der Waals surface area contributed by atoms with Crippen molar-refractivity contribution in [1.29, 1.82) is 0 Å². The van der Waals surface area contributed by atoms with Crippen LogP contribution in [0.1, 0.15) is 57.1 Å². The molecule has 0 amide bonds. The van der Waals surface area contributed by atoms with Crippen molar-refractivity contribution in [3.05, 3.63) is 36.0 Å². The number of benzene rings is 1. The van der Waals surface area contributed by atoms with Crippen LogP contribution < -0.4 is 5.32 Å². The van der Waals surface area contributed by atoms with Gasteiger partial charge in [-0.25, -0.2) is 9.67 Å². The fraction of sp³-hybridized carbons (Fsp3) is 0.621. The van der Waals surface area contributed by atoms with E-state index in [0.29, 0.717) is 5.95 Å². The Morgan fingerprint density at radius 1 is 1.08 bits per heavy atom. The fourth-order valence-corrected chi connectivity index (χ4v) is 5.62. The predicted octanol–water partition coefficient (Wildman–Crippen LogP) is 3.94. The maximum Gasteiger partial charge on any atom is 0.224 e. The lowest BCUT2D eigenvalue weighted by Gasteiger charge is -2.32. The molecule has 2 aromatic heterocycles. The molecule has 1 aliphatic heterocycles. The van der Waals surface area contributed by atoms with Crippen LogP contribution in [0.2, 0.25) is 0 Å². The van der Waals surface area contributed by atoms with Crippen LogP contribution in [0.15, 0.2) is 30.5 Å². The van der Waals surface area contributed by atoms with E-state index in [1.807, 2.05) is 6.20 Å². The fourth-order valence-electron chi connectivity index (χ4n) is 5.62. The summed E-state index contributed by atoms with van der Waals surface area (Å²) in [6.45, 7) is 8.37. The maximum absolute atomic E-state index is 10.1. The van der Waals surface area contributed by atoms with E-state index in [2.05, 4.69) is 63.0 Å². The number of methoxy groups -OCH3 is 1. The molecule has 1 aliphatic carbocycles. The first-order chi connectivity index (χ1) is 18.5. The molecule has 1 atom stereocenters. The third-order valence-corrected chi connectivity index (χ3v) is 8.05. The van der Waals surface area contributed by atoms with Gasteiger partial charge < -0.3 is 20.1 Å². The first kappa shape index (κ1) is 27.0. The quantitative estimate of drug-likeness (QED) is 0.388. The van der Waals surface area contributed by atoms with Crippen molar-refractivity contribution in [2.75, 3.05) is 52.3 Å². The van der Waals surface area contributed by atoms with Gasteiger partial charge in [0.05, 0.1) is 17.5 Å². The van der Waals surface area contributed by atoms with Crippen LogP contribution >= 0.6 is 0 Å². The number of piperazine rings is 1. The van der Waals surface area contributed by atoms with Crippen molar-refractivity contribution in [3.8, 4) is 11.3 Å². The van der Waals surface area contributed by atoms with E-state index in [9.17, 15) is 5.11 Å². The highest BCUT2D eigenvalue weighted by Crippen LogP contribution is 2.34. The Hall–Kier alpha value is -2.59. The first-order valence-electron chi connectivity index (χ1n) is 14.2. The van der Waals surface area contributed by atoms with Gasteiger partial charge in [0, 0.05) is 64.2 Å². The number of nitrogens with one attached hydrogen (secondary N) is 1. The summed E-state index contributed by atoms with van der Waals surface area (Å²) < 4.78 is 7.29. The van der Waals surface area contributed by atoms with Gasteiger partial charge in [-0.15, -0.1) is 0 Å². The minimum absolute atomic E-state index is 0.208. The van der Waals surface area contributed by atoms with Crippen molar-refractivity contribution >= 4 is 17.0 Å². The largest absolute Gasteiger partial charge is 0.393 e. The van der Waals surface area contributed by atoms with Gasteiger partial charge in [0.15, 0.2) is 5.65 Å². The summed E-state index contributed by atoms with van der Waals surface area (Å²) in [5.41, 5.74) is 4.21. The number of nitrogens with zero attached hydrogens (tertiary/aromatic N) is 6. The number of fused-ring (bicyclic) bond motifs is 1. The zero-order valence-electron chi connectivity index (χ0n) is 23.1. The van der Waals surface area contributed by atoms with E-state index in [-0.39, 0.29) is 18.2 Å².